The van der Waals surface area contributed by atoms with Gasteiger partial charge < -0.3 is 9.84 Å². The van der Waals surface area contributed by atoms with E-state index < -0.39 is 17.8 Å². The largest absolute Gasteiger partial charge is 0.507 e. The number of urea groups is 1. The summed E-state index contributed by atoms with van der Waals surface area (Å²) in [5.74, 6) is -1.61. The zero-order valence-electron chi connectivity index (χ0n) is 11.6. The summed E-state index contributed by atoms with van der Waals surface area (Å²) in [5.41, 5.74) is -0.156. The summed E-state index contributed by atoms with van der Waals surface area (Å²) >= 11 is 6.03. The van der Waals surface area contributed by atoms with E-state index in [1.54, 1.807) is 0 Å². The Labute approximate surface area is 130 Å². The Hall–Kier alpha value is -2.54. The van der Waals surface area contributed by atoms with E-state index in [1.165, 1.54) is 12.1 Å². The maximum absolute atomic E-state index is 11.6. The minimum absolute atomic E-state index is 0.156. The van der Waals surface area contributed by atoms with Crippen LogP contribution in [0.1, 0.15) is 18.9 Å². The molecule has 0 radical (unpaired) electrons. The Bertz CT molecular complexity index is 662. The molecule has 1 saturated heterocycles. The normalized spacial score (nSPS) is 14.5. The molecule has 0 bridgehead atoms. The second-order valence-corrected chi connectivity index (χ2v) is 4.89. The molecule has 22 heavy (non-hydrogen) atoms. The minimum atomic E-state index is -0.891. The molecule has 1 heterocycles. The van der Waals surface area contributed by atoms with Crippen molar-refractivity contribution in [1.29, 1.82) is 0 Å². The van der Waals surface area contributed by atoms with E-state index in [-0.39, 0.29) is 21.9 Å². The van der Waals surface area contributed by atoms with Crippen molar-refractivity contribution in [2.45, 2.75) is 13.3 Å². The van der Waals surface area contributed by atoms with E-state index >= 15 is 0 Å². The van der Waals surface area contributed by atoms with Gasteiger partial charge in [-0.3, -0.25) is 20.2 Å². The number of phenolic OH excluding ortho intramolecular Hbond substituents is 1. The van der Waals surface area contributed by atoms with Gasteiger partial charge in [-0.15, -0.1) is 0 Å². The Morgan fingerprint density at radius 1 is 1.23 bits per heavy atom. The first-order valence-corrected chi connectivity index (χ1v) is 6.83. The molecule has 8 heteroatoms. The maximum Gasteiger partial charge on any atom is 0.328 e. The first kappa shape index (κ1) is 15.8. The van der Waals surface area contributed by atoms with E-state index in [0.29, 0.717) is 12.4 Å². The van der Waals surface area contributed by atoms with E-state index in [1.807, 2.05) is 17.6 Å². The molecule has 116 valence electrons. The number of nitrogens with one attached hydrogen (secondary N) is 2. The highest BCUT2D eigenvalue weighted by Gasteiger charge is 2.28. The van der Waals surface area contributed by atoms with Crippen LogP contribution in [0.25, 0.3) is 6.08 Å². The van der Waals surface area contributed by atoms with Crippen molar-refractivity contribution in [3.63, 3.8) is 0 Å². The monoisotopic (exact) mass is 324 g/mol. The van der Waals surface area contributed by atoms with Crippen LogP contribution in [0.15, 0.2) is 17.7 Å². The molecule has 1 aromatic rings. The zero-order valence-corrected chi connectivity index (χ0v) is 12.4. The van der Waals surface area contributed by atoms with Crippen molar-refractivity contribution >= 4 is 35.5 Å². The number of amides is 4. The van der Waals surface area contributed by atoms with E-state index in [0.717, 1.165) is 12.5 Å². The van der Waals surface area contributed by atoms with Gasteiger partial charge in [-0.2, -0.15) is 0 Å². The lowest BCUT2D eigenvalue weighted by Gasteiger charge is -2.14. The molecule has 0 aromatic heterocycles. The number of phenols is 1. The molecule has 7 nitrogen and oxygen atoms in total. The van der Waals surface area contributed by atoms with Gasteiger partial charge in [-0.05, 0) is 18.6 Å². The Morgan fingerprint density at radius 2 is 1.86 bits per heavy atom. The average Bonchev–Trinajstić information content (AvgIpc) is 2.44. The molecule has 4 amide bonds. The van der Waals surface area contributed by atoms with Crippen LogP contribution in [-0.4, -0.2) is 29.6 Å². The first-order chi connectivity index (χ1) is 10.4. The summed E-state index contributed by atoms with van der Waals surface area (Å²) < 4.78 is 5.35. The topological polar surface area (TPSA) is 105 Å². The summed E-state index contributed by atoms with van der Waals surface area (Å²) in [6.45, 7) is 2.36. The molecule has 2 rings (SSSR count). The summed E-state index contributed by atoms with van der Waals surface area (Å²) in [6.07, 6.45) is 1.92. The third-order valence-corrected chi connectivity index (χ3v) is 3.08. The second-order valence-electron chi connectivity index (χ2n) is 4.49. The van der Waals surface area contributed by atoms with Crippen LogP contribution in [0.3, 0.4) is 0 Å². The SMILES string of the molecule is CCCOc1cc(O)c(C=C2C(=O)NC(=O)NC2=O)cc1Cl. The molecule has 1 aromatic carbocycles. The van der Waals surface area contributed by atoms with Gasteiger partial charge in [-0.25, -0.2) is 4.79 Å². The molecular weight excluding hydrogens is 312 g/mol. The lowest BCUT2D eigenvalue weighted by Crippen LogP contribution is -2.51. The zero-order chi connectivity index (χ0) is 16.3. The summed E-state index contributed by atoms with van der Waals surface area (Å²) in [7, 11) is 0. The lowest BCUT2D eigenvalue weighted by atomic mass is 10.1. The van der Waals surface area contributed by atoms with Crippen LogP contribution in [0, 0.1) is 0 Å². The number of carbonyl (C=O) groups is 3. The standard InChI is InChI=1S/C14H13ClN2O5/c1-2-3-22-11-6-10(18)7(5-9(11)15)4-8-12(19)16-14(21)17-13(8)20/h4-6,18H,2-3H2,1H3,(H2,16,17,19,20,21). The van der Waals surface area contributed by atoms with Gasteiger partial charge in [0.05, 0.1) is 11.6 Å². The Balaban J connectivity index is 2.35. The molecule has 0 spiro atoms. The van der Waals surface area contributed by atoms with Crippen LogP contribution in [-0.2, 0) is 9.59 Å². The number of ether oxygens (including phenoxy) is 1. The fraction of sp³-hybridized carbons (Fsp3) is 0.214. The van der Waals surface area contributed by atoms with E-state index in [9.17, 15) is 19.5 Å². The molecule has 0 saturated carbocycles. The predicted molar refractivity (Wildman–Crippen MR) is 78.6 cm³/mol. The molecular formula is C14H13ClN2O5. The third kappa shape index (κ3) is 3.37. The highest BCUT2D eigenvalue weighted by molar-refractivity contribution is 6.33. The van der Waals surface area contributed by atoms with Crippen molar-refractivity contribution < 1.29 is 24.2 Å². The number of rotatable bonds is 4. The number of carbonyl (C=O) groups excluding carboxylic acids is 3. The number of hydrogen-bond acceptors (Lipinski definition) is 5. The lowest BCUT2D eigenvalue weighted by molar-refractivity contribution is -0.123. The number of halogens is 1. The van der Waals surface area contributed by atoms with Crippen molar-refractivity contribution in [2.75, 3.05) is 6.61 Å². The van der Waals surface area contributed by atoms with Crippen LogP contribution in [0.5, 0.6) is 11.5 Å². The molecule has 1 fully saturated rings. The molecule has 0 unspecified atom stereocenters. The third-order valence-electron chi connectivity index (χ3n) is 2.79. The minimum Gasteiger partial charge on any atom is -0.507 e. The van der Waals surface area contributed by atoms with Crippen LogP contribution in [0.2, 0.25) is 5.02 Å². The van der Waals surface area contributed by atoms with Gasteiger partial charge in [-0.1, -0.05) is 18.5 Å². The van der Waals surface area contributed by atoms with Crippen LogP contribution in [0.4, 0.5) is 4.79 Å². The average molecular weight is 325 g/mol. The van der Waals surface area contributed by atoms with Crippen molar-refractivity contribution in [3.05, 3.63) is 28.3 Å². The van der Waals surface area contributed by atoms with Gasteiger partial charge in [0.2, 0.25) is 0 Å². The van der Waals surface area contributed by atoms with Crippen molar-refractivity contribution in [2.24, 2.45) is 0 Å². The summed E-state index contributed by atoms with van der Waals surface area (Å²) in [5, 5.41) is 14.1. The highest BCUT2D eigenvalue weighted by Crippen LogP contribution is 2.33. The summed E-state index contributed by atoms with van der Waals surface area (Å²) in [6, 6.07) is 1.78. The predicted octanol–water partition coefficient (Wildman–Crippen LogP) is 1.58. The number of imide groups is 2. The van der Waals surface area contributed by atoms with Crippen LogP contribution >= 0.6 is 11.6 Å². The number of benzene rings is 1. The van der Waals surface area contributed by atoms with Crippen molar-refractivity contribution in [1.82, 2.24) is 10.6 Å². The smallest absolute Gasteiger partial charge is 0.328 e. The Kier molecular flexibility index (Phi) is 4.67. The van der Waals surface area contributed by atoms with E-state index in [4.69, 9.17) is 16.3 Å². The number of aromatic hydroxyl groups is 1. The number of barbiturate groups is 1. The highest BCUT2D eigenvalue weighted by atomic mass is 35.5. The maximum atomic E-state index is 11.6. The molecule has 0 atom stereocenters. The Morgan fingerprint density at radius 3 is 2.45 bits per heavy atom. The van der Waals surface area contributed by atoms with Gasteiger partial charge in [0.25, 0.3) is 11.8 Å². The number of hydrogen-bond donors (Lipinski definition) is 3. The molecule has 1 aliphatic heterocycles. The first-order valence-electron chi connectivity index (χ1n) is 6.46. The van der Waals surface area contributed by atoms with Gasteiger partial charge in [0, 0.05) is 11.6 Å². The van der Waals surface area contributed by atoms with Gasteiger partial charge in [0.15, 0.2) is 0 Å². The fourth-order valence-corrected chi connectivity index (χ4v) is 1.98. The molecule has 0 aliphatic carbocycles. The van der Waals surface area contributed by atoms with Crippen LogP contribution < -0.4 is 15.4 Å². The summed E-state index contributed by atoms with van der Waals surface area (Å²) in [4.78, 5) is 34.2. The van der Waals surface area contributed by atoms with Gasteiger partial charge >= 0.3 is 6.03 Å². The molecule has 3 N–H and O–H groups in total. The second kappa shape index (κ2) is 6.48. The van der Waals surface area contributed by atoms with Gasteiger partial charge in [0.1, 0.15) is 17.1 Å². The fourth-order valence-electron chi connectivity index (χ4n) is 1.76. The quantitative estimate of drug-likeness (QED) is 0.576. The van der Waals surface area contributed by atoms with Crippen molar-refractivity contribution in [3.8, 4) is 11.5 Å². The molecule has 1 aliphatic rings. The van der Waals surface area contributed by atoms with E-state index in [2.05, 4.69) is 0 Å².